The van der Waals surface area contributed by atoms with Crippen molar-refractivity contribution in [2.45, 2.75) is 26.3 Å². The normalized spacial score (nSPS) is 16.5. The van der Waals surface area contributed by atoms with E-state index in [1.165, 1.54) is 0 Å². The summed E-state index contributed by atoms with van der Waals surface area (Å²) in [5, 5.41) is 0. The number of carbonyl (C=O) groups excluding carboxylic acids is 1. The molecular weight excluding hydrogens is 332 g/mol. The van der Waals surface area contributed by atoms with E-state index in [2.05, 4.69) is 24.8 Å². The Morgan fingerprint density at radius 2 is 2.04 bits per heavy atom. The number of furan rings is 1. The highest BCUT2D eigenvalue weighted by molar-refractivity contribution is 5.92. The van der Waals surface area contributed by atoms with Crippen molar-refractivity contribution in [2.75, 3.05) is 38.3 Å². The molecular formula is C20H26N2O4. The van der Waals surface area contributed by atoms with Gasteiger partial charge in [0, 0.05) is 37.5 Å². The lowest BCUT2D eigenvalue weighted by atomic mass is 9.97. The van der Waals surface area contributed by atoms with Crippen LogP contribution in [0.15, 0.2) is 40.8 Å². The molecule has 0 bridgehead atoms. The van der Waals surface area contributed by atoms with Crippen molar-refractivity contribution in [3.8, 4) is 11.7 Å². The van der Waals surface area contributed by atoms with Crippen molar-refractivity contribution in [1.29, 1.82) is 0 Å². The summed E-state index contributed by atoms with van der Waals surface area (Å²) in [6.45, 7) is 8.64. The first-order valence-corrected chi connectivity index (χ1v) is 8.88. The third-order valence-electron chi connectivity index (χ3n) is 4.63. The molecule has 6 heteroatoms. The largest absolute Gasteiger partial charge is 0.497 e. The van der Waals surface area contributed by atoms with Gasteiger partial charge in [0.1, 0.15) is 5.75 Å². The third-order valence-corrected chi connectivity index (χ3v) is 4.63. The van der Waals surface area contributed by atoms with Crippen molar-refractivity contribution in [3.63, 3.8) is 0 Å². The van der Waals surface area contributed by atoms with Crippen LogP contribution in [-0.4, -0.2) is 49.7 Å². The maximum Gasteiger partial charge on any atom is 0.289 e. The van der Waals surface area contributed by atoms with Crippen molar-refractivity contribution in [1.82, 2.24) is 4.90 Å². The number of benzene rings is 1. The monoisotopic (exact) mass is 358 g/mol. The Morgan fingerprint density at radius 1 is 1.23 bits per heavy atom. The lowest BCUT2D eigenvalue weighted by Gasteiger charge is -2.48. The fourth-order valence-corrected chi connectivity index (χ4v) is 3.40. The van der Waals surface area contributed by atoms with Crippen LogP contribution in [0.4, 0.5) is 5.69 Å². The molecule has 0 N–H and O–H groups in total. The molecule has 1 saturated heterocycles. The predicted octanol–water partition coefficient (Wildman–Crippen LogP) is 3.43. The molecule has 1 aliphatic rings. The summed E-state index contributed by atoms with van der Waals surface area (Å²) in [6.07, 6.45) is 0. The molecule has 0 unspecified atom stereocenters. The van der Waals surface area contributed by atoms with E-state index in [0.717, 1.165) is 18.0 Å². The molecule has 1 amide bonds. The van der Waals surface area contributed by atoms with E-state index in [9.17, 15) is 4.79 Å². The molecule has 0 aliphatic carbocycles. The summed E-state index contributed by atoms with van der Waals surface area (Å²) in [4.78, 5) is 16.9. The van der Waals surface area contributed by atoms with Crippen LogP contribution in [0, 0.1) is 0 Å². The second-order valence-electron chi connectivity index (χ2n) is 6.94. The van der Waals surface area contributed by atoms with Crippen LogP contribution < -0.4 is 14.4 Å². The van der Waals surface area contributed by atoms with Gasteiger partial charge in [-0.25, -0.2) is 0 Å². The van der Waals surface area contributed by atoms with Crippen LogP contribution >= 0.6 is 0 Å². The molecule has 0 atom stereocenters. The molecule has 1 fully saturated rings. The third kappa shape index (κ3) is 3.64. The number of amides is 1. The maximum absolute atomic E-state index is 12.8. The number of rotatable bonds is 5. The smallest absolute Gasteiger partial charge is 0.289 e. The van der Waals surface area contributed by atoms with Gasteiger partial charge in [-0.1, -0.05) is 6.07 Å². The minimum atomic E-state index is -0.213. The van der Waals surface area contributed by atoms with Gasteiger partial charge in [0.15, 0.2) is 5.76 Å². The summed E-state index contributed by atoms with van der Waals surface area (Å²) in [6, 6.07) is 11.4. The lowest BCUT2D eigenvalue weighted by Crippen LogP contribution is -2.60. The topological polar surface area (TPSA) is 55.2 Å². The van der Waals surface area contributed by atoms with E-state index in [4.69, 9.17) is 13.9 Å². The number of hydrogen-bond acceptors (Lipinski definition) is 5. The Morgan fingerprint density at radius 3 is 2.73 bits per heavy atom. The Balaban J connectivity index is 1.74. The van der Waals surface area contributed by atoms with Gasteiger partial charge in [0.2, 0.25) is 0 Å². The summed E-state index contributed by atoms with van der Waals surface area (Å²) in [7, 11) is 1.67. The zero-order chi connectivity index (χ0) is 18.7. The quantitative estimate of drug-likeness (QED) is 0.820. The number of nitrogens with zero attached hydrogens (tertiary/aromatic N) is 2. The van der Waals surface area contributed by atoms with E-state index < -0.39 is 0 Å². The molecule has 2 aromatic rings. The molecule has 0 spiro atoms. The average molecular weight is 358 g/mol. The van der Waals surface area contributed by atoms with Crippen LogP contribution in [-0.2, 0) is 0 Å². The summed E-state index contributed by atoms with van der Waals surface area (Å²) >= 11 is 0. The minimum absolute atomic E-state index is 0.102. The van der Waals surface area contributed by atoms with E-state index in [-0.39, 0.29) is 11.4 Å². The van der Waals surface area contributed by atoms with Gasteiger partial charge in [-0.3, -0.25) is 4.79 Å². The van der Waals surface area contributed by atoms with Crippen molar-refractivity contribution < 1.29 is 18.7 Å². The first-order valence-electron chi connectivity index (χ1n) is 8.88. The summed E-state index contributed by atoms with van der Waals surface area (Å²) in [5.74, 6) is 1.43. The van der Waals surface area contributed by atoms with E-state index >= 15 is 0 Å². The van der Waals surface area contributed by atoms with Crippen LogP contribution in [0.1, 0.15) is 31.3 Å². The van der Waals surface area contributed by atoms with Crippen molar-refractivity contribution >= 4 is 11.6 Å². The average Bonchev–Trinajstić information content (AvgIpc) is 3.09. The Hall–Kier alpha value is -2.63. The number of piperazine rings is 1. The van der Waals surface area contributed by atoms with Crippen LogP contribution in [0.5, 0.6) is 11.7 Å². The Bertz CT molecular complexity index is 769. The predicted molar refractivity (Wildman–Crippen MR) is 100 cm³/mol. The van der Waals surface area contributed by atoms with E-state index in [0.29, 0.717) is 31.4 Å². The molecule has 26 heavy (non-hydrogen) atoms. The lowest BCUT2D eigenvalue weighted by molar-refractivity contribution is 0.0646. The van der Waals surface area contributed by atoms with E-state index in [1.807, 2.05) is 30.0 Å². The summed E-state index contributed by atoms with van der Waals surface area (Å²) < 4.78 is 16.1. The standard InChI is InChI=1S/C20H26N2O4/c1-5-25-18-10-9-17(26-18)19(23)21-11-12-22(20(2,3)14-21)15-7-6-8-16(13-15)24-4/h6-10,13H,5,11-12,14H2,1-4H3. The first-order chi connectivity index (χ1) is 12.4. The number of methoxy groups -OCH3 is 1. The van der Waals surface area contributed by atoms with Gasteiger partial charge >= 0.3 is 0 Å². The molecule has 6 nitrogen and oxygen atoms in total. The van der Waals surface area contributed by atoms with Crippen LogP contribution in [0.3, 0.4) is 0 Å². The highest BCUT2D eigenvalue weighted by Crippen LogP contribution is 2.31. The molecule has 1 aliphatic heterocycles. The summed E-state index contributed by atoms with van der Waals surface area (Å²) in [5.41, 5.74) is 0.883. The van der Waals surface area contributed by atoms with Gasteiger partial charge in [0.05, 0.1) is 19.3 Å². The molecule has 140 valence electrons. The number of ether oxygens (including phenoxy) is 2. The highest BCUT2D eigenvalue weighted by atomic mass is 16.6. The highest BCUT2D eigenvalue weighted by Gasteiger charge is 2.36. The SMILES string of the molecule is CCOc1ccc(C(=O)N2CCN(c3cccc(OC)c3)C(C)(C)C2)o1. The molecule has 1 aromatic heterocycles. The Kier molecular flexibility index (Phi) is 5.11. The van der Waals surface area contributed by atoms with Gasteiger partial charge in [0.25, 0.3) is 11.9 Å². The van der Waals surface area contributed by atoms with Crippen LogP contribution in [0.2, 0.25) is 0 Å². The van der Waals surface area contributed by atoms with Crippen molar-refractivity contribution in [3.05, 3.63) is 42.2 Å². The molecule has 3 rings (SSSR count). The van der Waals surface area contributed by atoms with Gasteiger partial charge in [-0.05, 0) is 39.0 Å². The number of carbonyl (C=O) groups is 1. The minimum Gasteiger partial charge on any atom is -0.497 e. The molecule has 0 saturated carbocycles. The first kappa shape index (κ1) is 18.2. The zero-order valence-corrected chi connectivity index (χ0v) is 15.8. The second kappa shape index (κ2) is 7.32. The number of hydrogen-bond donors (Lipinski definition) is 0. The molecule has 1 aromatic carbocycles. The molecule has 0 radical (unpaired) electrons. The van der Waals surface area contributed by atoms with Gasteiger partial charge in [-0.2, -0.15) is 0 Å². The maximum atomic E-state index is 12.8. The zero-order valence-electron chi connectivity index (χ0n) is 15.8. The van der Waals surface area contributed by atoms with Gasteiger partial charge < -0.3 is 23.7 Å². The van der Waals surface area contributed by atoms with Crippen molar-refractivity contribution in [2.24, 2.45) is 0 Å². The molecule has 2 heterocycles. The van der Waals surface area contributed by atoms with Gasteiger partial charge in [-0.15, -0.1) is 0 Å². The fraction of sp³-hybridized carbons (Fsp3) is 0.450. The van der Waals surface area contributed by atoms with Crippen LogP contribution in [0.25, 0.3) is 0 Å². The second-order valence-corrected chi connectivity index (χ2v) is 6.94. The Labute approximate surface area is 154 Å². The number of anilines is 1. The van der Waals surface area contributed by atoms with E-state index in [1.54, 1.807) is 19.2 Å². The fourth-order valence-electron chi connectivity index (χ4n) is 3.40.